The quantitative estimate of drug-likeness (QED) is 0.590. The van der Waals surface area contributed by atoms with Crippen molar-refractivity contribution < 1.29 is 23.1 Å². The van der Waals surface area contributed by atoms with E-state index in [-0.39, 0.29) is 36.5 Å². The Hall–Kier alpha value is -1.93. The summed E-state index contributed by atoms with van der Waals surface area (Å²) in [6, 6.07) is 14.1. The number of aliphatic hydroxyl groups is 1. The monoisotopic (exact) mass is 451 g/mol. The summed E-state index contributed by atoms with van der Waals surface area (Å²) in [4.78, 5) is 13.7. The Balaban J connectivity index is 1.67. The van der Waals surface area contributed by atoms with E-state index < -0.39 is 15.9 Å². The lowest BCUT2D eigenvalue weighted by Gasteiger charge is -2.30. The highest BCUT2D eigenvalue weighted by Gasteiger charge is 2.33. The van der Waals surface area contributed by atoms with Crippen LogP contribution in [0.1, 0.15) is 29.3 Å². The van der Waals surface area contributed by atoms with Gasteiger partial charge in [-0.05, 0) is 43.2 Å². The number of ketones is 1. The van der Waals surface area contributed by atoms with Gasteiger partial charge in [-0.25, -0.2) is 8.42 Å². The first-order chi connectivity index (χ1) is 14.2. The van der Waals surface area contributed by atoms with E-state index in [0.29, 0.717) is 29.3 Å². The first-order valence-corrected chi connectivity index (χ1v) is 12.0. The van der Waals surface area contributed by atoms with Crippen molar-refractivity contribution in [2.24, 2.45) is 0 Å². The Kier molecular flexibility index (Phi) is 7.52. The highest BCUT2D eigenvalue weighted by Crippen LogP contribution is 2.22. The summed E-state index contributed by atoms with van der Waals surface area (Å²) in [5, 5.41) is 11.2. The molecule has 0 amide bonds. The second kappa shape index (κ2) is 9.92. The zero-order valence-electron chi connectivity index (χ0n) is 16.8. The van der Waals surface area contributed by atoms with Crippen LogP contribution in [0.2, 0.25) is 5.02 Å². The molecule has 0 saturated carbocycles. The van der Waals surface area contributed by atoms with E-state index in [4.69, 9.17) is 16.3 Å². The third-order valence-corrected chi connectivity index (χ3v) is 7.17. The predicted molar refractivity (Wildman–Crippen MR) is 117 cm³/mol. The minimum absolute atomic E-state index is 0.000874. The normalized spacial score (nSPS) is 19.0. The standard InChI is InChI=1S/C22H26ClNO5S/c1-16(25)21-4-2-3-5-22(21)29-14-20(26)13-24(19-10-11-30(27,28)15-19)12-17-6-8-18(23)9-7-17/h2-9,19-20,26H,10-15H2,1H3. The third-order valence-electron chi connectivity index (χ3n) is 5.17. The number of nitrogens with zero attached hydrogens (tertiary/aromatic N) is 1. The summed E-state index contributed by atoms with van der Waals surface area (Å²) >= 11 is 5.96. The topological polar surface area (TPSA) is 83.9 Å². The number of rotatable bonds is 9. The molecular weight excluding hydrogens is 426 g/mol. The number of ether oxygens (including phenoxy) is 1. The smallest absolute Gasteiger partial charge is 0.163 e. The maximum absolute atomic E-state index is 12.0. The number of halogens is 1. The number of aliphatic hydroxyl groups excluding tert-OH is 1. The molecule has 162 valence electrons. The highest BCUT2D eigenvalue weighted by molar-refractivity contribution is 7.91. The van der Waals surface area contributed by atoms with Crippen molar-refractivity contribution in [2.75, 3.05) is 24.7 Å². The zero-order valence-corrected chi connectivity index (χ0v) is 18.4. The van der Waals surface area contributed by atoms with Crippen LogP contribution < -0.4 is 4.74 Å². The minimum Gasteiger partial charge on any atom is -0.490 e. The first kappa shape index (κ1) is 22.7. The van der Waals surface area contributed by atoms with Crippen molar-refractivity contribution in [1.29, 1.82) is 0 Å². The fourth-order valence-corrected chi connectivity index (χ4v) is 5.51. The summed E-state index contributed by atoms with van der Waals surface area (Å²) in [6.45, 7) is 2.22. The average molecular weight is 452 g/mol. The van der Waals surface area contributed by atoms with Crippen molar-refractivity contribution in [3.8, 4) is 5.75 Å². The SMILES string of the molecule is CC(=O)c1ccccc1OCC(O)CN(Cc1ccc(Cl)cc1)C1CCS(=O)(=O)C1. The van der Waals surface area contributed by atoms with Crippen LogP contribution in [0.5, 0.6) is 5.75 Å². The Morgan fingerprint density at radius 2 is 1.93 bits per heavy atom. The molecule has 30 heavy (non-hydrogen) atoms. The maximum Gasteiger partial charge on any atom is 0.163 e. The van der Waals surface area contributed by atoms with E-state index in [2.05, 4.69) is 0 Å². The number of para-hydroxylation sites is 1. The Labute approximate surface area is 182 Å². The van der Waals surface area contributed by atoms with Crippen molar-refractivity contribution in [3.05, 3.63) is 64.7 Å². The van der Waals surface area contributed by atoms with Crippen LogP contribution in [0.25, 0.3) is 0 Å². The summed E-state index contributed by atoms with van der Waals surface area (Å²) in [5.74, 6) is 0.562. The fraction of sp³-hybridized carbons (Fsp3) is 0.409. The molecule has 0 bridgehead atoms. The molecule has 1 fully saturated rings. The van der Waals surface area contributed by atoms with E-state index >= 15 is 0 Å². The minimum atomic E-state index is -3.06. The molecule has 2 unspecified atom stereocenters. The van der Waals surface area contributed by atoms with E-state index in [1.54, 1.807) is 36.4 Å². The molecule has 0 aromatic heterocycles. The number of carbonyl (C=O) groups excluding carboxylic acids is 1. The molecule has 0 aliphatic carbocycles. The van der Waals surface area contributed by atoms with Crippen LogP contribution >= 0.6 is 11.6 Å². The molecule has 1 aliphatic rings. The van der Waals surface area contributed by atoms with Crippen LogP contribution in [-0.2, 0) is 16.4 Å². The number of hydrogen-bond acceptors (Lipinski definition) is 6. The predicted octanol–water partition coefficient (Wildman–Crippen LogP) is 2.97. The lowest BCUT2D eigenvalue weighted by molar-refractivity contribution is 0.0520. The molecule has 0 radical (unpaired) electrons. The van der Waals surface area contributed by atoms with Gasteiger partial charge in [0.15, 0.2) is 15.6 Å². The van der Waals surface area contributed by atoms with Gasteiger partial charge in [-0.1, -0.05) is 35.9 Å². The zero-order chi connectivity index (χ0) is 21.7. The van der Waals surface area contributed by atoms with E-state index in [1.807, 2.05) is 17.0 Å². The van der Waals surface area contributed by atoms with Crippen molar-refractivity contribution in [2.45, 2.75) is 32.0 Å². The average Bonchev–Trinajstić information content (AvgIpc) is 3.07. The van der Waals surface area contributed by atoms with Crippen LogP contribution in [0.15, 0.2) is 48.5 Å². The van der Waals surface area contributed by atoms with E-state index in [0.717, 1.165) is 5.56 Å². The highest BCUT2D eigenvalue weighted by atomic mass is 35.5. The van der Waals surface area contributed by atoms with Gasteiger partial charge < -0.3 is 9.84 Å². The Morgan fingerprint density at radius 3 is 2.57 bits per heavy atom. The summed E-state index contributed by atoms with van der Waals surface area (Å²) in [7, 11) is -3.06. The summed E-state index contributed by atoms with van der Waals surface area (Å²) < 4.78 is 29.7. The van der Waals surface area contributed by atoms with Gasteiger partial charge in [-0.3, -0.25) is 9.69 Å². The van der Waals surface area contributed by atoms with Crippen molar-refractivity contribution in [3.63, 3.8) is 0 Å². The number of sulfone groups is 1. The molecule has 2 aromatic rings. The lowest BCUT2D eigenvalue weighted by atomic mass is 10.1. The van der Waals surface area contributed by atoms with Crippen LogP contribution in [0.4, 0.5) is 0 Å². The molecule has 0 spiro atoms. The molecule has 3 rings (SSSR count). The third kappa shape index (κ3) is 6.28. The molecule has 1 N–H and O–H groups in total. The van der Waals surface area contributed by atoms with E-state index in [1.165, 1.54) is 6.92 Å². The van der Waals surface area contributed by atoms with Crippen LogP contribution in [0.3, 0.4) is 0 Å². The molecule has 8 heteroatoms. The van der Waals surface area contributed by atoms with E-state index in [9.17, 15) is 18.3 Å². The number of benzene rings is 2. The van der Waals surface area contributed by atoms with Gasteiger partial charge in [0.2, 0.25) is 0 Å². The molecular formula is C22H26ClNO5S. The summed E-state index contributed by atoms with van der Waals surface area (Å²) in [5.41, 5.74) is 1.45. The van der Waals surface area contributed by atoms with Crippen molar-refractivity contribution >= 4 is 27.2 Å². The molecule has 2 aromatic carbocycles. The molecule has 1 saturated heterocycles. The molecule has 1 aliphatic heterocycles. The van der Waals surface area contributed by atoms with Crippen LogP contribution in [-0.4, -0.2) is 61.0 Å². The summed E-state index contributed by atoms with van der Waals surface area (Å²) in [6.07, 6.45) is -0.308. The maximum atomic E-state index is 12.0. The largest absolute Gasteiger partial charge is 0.490 e. The fourth-order valence-electron chi connectivity index (χ4n) is 3.62. The second-order valence-corrected chi connectivity index (χ2v) is 10.3. The van der Waals surface area contributed by atoms with Gasteiger partial charge in [0.25, 0.3) is 0 Å². The van der Waals surface area contributed by atoms with Gasteiger partial charge in [0.05, 0.1) is 17.1 Å². The molecule has 6 nitrogen and oxygen atoms in total. The number of Topliss-reactive ketones (excluding diaryl/α,β-unsaturated/α-hetero) is 1. The number of carbonyl (C=O) groups is 1. The molecule has 1 heterocycles. The lowest BCUT2D eigenvalue weighted by Crippen LogP contribution is -2.42. The van der Waals surface area contributed by atoms with Crippen LogP contribution in [0, 0.1) is 0 Å². The first-order valence-electron chi connectivity index (χ1n) is 9.83. The van der Waals surface area contributed by atoms with Crippen molar-refractivity contribution in [1.82, 2.24) is 4.90 Å². The Bertz CT molecular complexity index is 977. The van der Waals surface area contributed by atoms with Gasteiger partial charge in [0, 0.05) is 24.2 Å². The van der Waals surface area contributed by atoms with Gasteiger partial charge >= 0.3 is 0 Å². The Morgan fingerprint density at radius 1 is 1.23 bits per heavy atom. The van der Waals surface area contributed by atoms with Gasteiger partial charge in [-0.15, -0.1) is 0 Å². The van der Waals surface area contributed by atoms with Gasteiger partial charge in [0.1, 0.15) is 18.5 Å². The number of hydrogen-bond donors (Lipinski definition) is 1. The second-order valence-electron chi connectivity index (χ2n) is 7.63. The van der Waals surface area contributed by atoms with Gasteiger partial charge in [-0.2, -0.15) is 0 Å². The molecule has 2 atom stereocenters.